The lowest BCUT2D eigenvalue weighted by Crippen LogP contribution is -2.24. The maximum Gasteiger partial charge on any atom is 0.136 e. The van der Waals surface area contributed by atoms with Crippen molar-refractivity contribution in [3.63, 3.8) is 0 Å². The first-order chi connectivity index (χ1) is 8.79. The molecule has 18 heavy (non-hydrogen) atoms. The van der Waals surface area contributed by atoms with Crippen molar-refractivity contribution >= 4 is 12.1 Å². The van der Waals surface area contributed by atoms with Gasteiger partial charge in [0.05, 0.1) is 0 Å². The predicted octanol–water partition coefficient (Wildman–Crippen LogP) is 4.31. The van der Waals surface area contributed by atoms with Gasteiger partial charge in [0.15, 0.2) is 0 Å². The van der Waals surface area contributed by atoms with E-state index in [1.54, 1.807) is 0 Å². The summed E-state index contributed by atoms with van der Waals surface area (Å²) in [4.78, 5) is 23.0. The largest absolute Gasteiger partial charge is 0.303 e. The van der Waals surface area contributed by atoms with E-state index in [9.17, 15) is 9.59 Å². The lowest BCUT2D eigenvalue weighted by atomic mass is 9.79. The molecule has 1 fully saturated rings. The molecule has 2 heteroatoms. The van der Waals surface area contributed by atoms with Gasteiger partial charge in [-0.2, -0.15) is 0 Å². The molecule has 2 nitrogen and oxygen atoms in total. The summed E-state index contributed by atoms with van der Waals surface area (Å²) >= 11 is 0. The molecule has 0 aliphatic heterocycles. The number of hydrogen-bond acceptors (Lipinski definition) is 2. The molecule has 1 saturated carbocycles. The smallest absolute Gasteiger partial charge is 0.136 e. The third-order valence-corrected chi connectivity index (χ3v) is 4.26. The van der Waals surface area contributed by atoms with Gasteiger partial charge in [-0.05, 0) is 25.2 Å². The van der Waals surface area contributed by atoms with Crippen LogP contribution in [0.15, 0.2) is 0 Å². The van der Waals surface area contributed by atoms with Gasteiger partial charge in [-0.1, -0.05) is 45.4 Å². The number of ketones is 1. The average Bonchev–Trinajstić information content (AvgIpc) is 2.44. The topological polar surface area (TPSA) is 34.1 Å². The molecule has 0 aromatic rings. The highest BCUT2D eigenvalue weighted by Gasteiger charge is 2.27. The van der Waals surface area contributed by atoms with Gasteiger partial charge in [-0.25, -0.2) is 0 Å². The SMILES string of the molecule is CCCCC[C@H]1CCCCCCC(=O)[C@@H]1CC=O. The van der Waals surface area contributed by atoms with Gasteiger partial charge in [0.25, 0.3) is 0 Å². The molecule has 0 bridgehead atoms. The Hall–Kier alpha value is -0.660. The third-order valence-electron chi connectivity index (χ3n) is 4.26. The van der Waals surface area contributed by atoms with Crippen molar-refractivity contribution in [2.75, 3.05) is 0 Å². The van der Waals surface area contributed by atoms with Crippen LogP contribution in [0.25, 0.3) is 0 Å². The molecule has 0 unspecified atom stereocenters. The van der Waals surface area contributed by atoms with E-state index in [2.05, 4.69) is 6.92 Å². The highest BCUT2D eigenvalue weighted by atomic mass is 16.1. The van der Waals surface area contributed by atoms with Crippen molar-refractivity contribution < 1.29 is 9.59 Å². The minimum atomic E-state index is 0.0254. The molecule has 1 rings (SSSR count). The zero-order valence-corrected chi connectivity index (χ0v) is 11.8. The monoisotopic (exact) mass is 252 g/mol. The fourth-order valence-electron chi connectivity index (χ4n) is 3.14. The molecule has 104 valence electrons. The zero-order valence-electron chi connectivity index (χ0n) is 11.8. The number of carbonyl (C=O) groups excluding carboxylic acids is 2. The second kappa shape index (κ2) is 9.29. The van der Waals surface area contributed by atoms with Crippen LogP contribution in [0.4, 0.5) is 0 Å². The molecule has 0 radical (unpaired) electrons. The first-order valence-electron chi connectivity index (χ1n) is 7.76. The van der Waals surface area contributed by atoms with Crippen LogP contribution >= 0.6 is 0 Å². The van der Waals surface area contributed by atoms with Crippen molar-refractivity contribution in [1.29, 1.82) is 0 Å². The van der Waals surface area contributed by atoms with Gasteiger partial charge >= 0.3 is 0 Å². The molecule has 0 aromatic heterocycles. The Morgan fingerprint density at radius 2 is 1.94 bits per heavy atom. The number of unbranched alkanes of at least 4 members (excludes halogenated alkanes) is 2. The number of rotatable bonds is 6. The summed E-state index contributed by atoms with van der Waals surface area (Å²) < 4.78 is 0. The standard InChI is InChI=1S/C16H28O2/c1-2-3-6-9-14-10-7-4-5-8-11-16(18)15(14)12-13-17/h13-15H,2-12H2,1H3/t14-,15+/m0/s1. The highest BCUT2D eigenvalue weighted by molar-refractivity contribution is 5.83. The van der Waals surface area contributed by atoms with Crippen LogP contribution in [0.5, 0.6) is 0 Å². The summed E-state index contributed by atoms with van der Waals surface area (Å²) in [6, 6.07) is 0. The quantitative estimate of drug-likeness (QED) is 0.521. The molecule has 1 aliphatic rings. The fourth-order valence-corrected chi connectivity index (χ4v) is 3.14. The van der Waals surface area contributed by atoms with Crippen molar-refractivity contribution in [1.82, 2.24) is 0 Å². The Bertz CT molecular complexity index is 247. The Morgan fingerprint density at radius 3 is 2.67 bits per heavy atom. The van der Waals surface area contributed by atoms with Crippen LogP contribution in [0, 0.1) is 11.8 Å². The highest BCUT2D eigenvalue weighted by Crippen LogP contribution is 2.31. The van der Waals surface area contributed by atoms with E-state index in [-0.39, 0.29) is 5.92 Å². The van der Waals surface area contributed by atoms with Crippen LogP contribution in [-0.2, 0) is 9.59 Å². The van der Waals surface area contributed by atoms with Crippen molar-refractivity contribution in [3.05, 3.63) is 0 Å². The minimum absolute atomic E-state index is 0.0254. The van der Waals surface area contributed by atoms with Crippen molar-refractivity contribution in [2.24, 2.45) is 11.8 Å². The Balaban J connectivity index is 2.61. The van der Waals surface area contributed by atoms with Gasteiger partial charge in [0.1, 0.15) is 12.1 Å². The van der Waals surface area contributed by atoms with Crippen LogP contribution in [-0.4, -0.2) is 12.1 Å². The second-order valence-electron chi connectivity index (χ2n) is 5.68. The third kappa shape index (κ3) is 5.32. The zero-order chi connectivity index (χ0) is 13.2. The van der Waals surface area contributed by atoms with Crippen LogP contribution in [0.2, 0.25) is 0 Å². The molecule has 0 amide bonds. The molecule has 0 spiro atoms. The van der Waals surface area contributed by atoms with E-state index in [1.165, 1.54) is 38.5 Å². The van der Waals surface area contributed by atoms with E-state index in [4.69, 9.17) is 0 Å². The lowest BCUT2D eigenvalue weighted by molar-refractivity contribution is -0.127. The Morgan fingerprint density at radius 1 is 1.17 bits per heavy atom. The Labute approximate surface area is 112 Å². The number of aldehydes is 1. The number of hydrogen-bond donors (Lipinski definition) is 0. The molecule has 0 aromatic carbocycles. The van der Waals surface area contributed by atoms with Crippen molar-refractivity contribution in [3.8, 4) is 0 Å². The van der Waals surface area contributed by atoms with E-state index >= 15 is 0 Å². The van der Waals surface area contributed by atoms with Crippen molar-refractivity contribution in [2.45, 2.75) is 77.6 Å². The summed E-state index contributed by atoms with van der Waals surface area (Å²) in [6.07, 6.45) is 12.8. The van der Waals surface area contributed by atoms with E-state index in [0.29, 0.717) is 24.5 Å². The van der Waals surface area contributed by atoms with E-state index in [0.717, 1.165) is 25.5 Å². The van der Waals surface area contributed by atoms with E-state index in [1.807, 2.05) is 0 Å². The molecule has 2 atom stereocenters. The Kier molecular flexibility index (Phi) is 7.95. The predicted molar refractivity (Wildman–Crippen MR) is 74.5 cm³/mol. The van der Waals surface area contributed by atoms with Gasteiger partial charge in [-0.15, -0.1) is 0 Å². The van der Waals surface area contributed by atoms with Gasteiger partial charge in [0.2, 0.25) is 0 Å². The summed E-state index contributed by atoms with van der Waals surface area (Å²) in [5.41, 5.74) is 0. The first-order valence-corrected chi connectivity index (χ1v) is 7.76. The van der Waals surface area contributed by atoms with Crippen LogP contribution < -0.4 is 0 Å². The molecule has 1 aliphatic carbocycles. The van der Waals surface area contributed by atoms with Crippen LogP contribution in [0.3, 0.4) is 0 Å². The molecule has 0 heterocycles. The van der Waals surface area contributed by atoms with Crippen LogP contribution in [0.1, 0.15) is 77.6 Å². The molecular weight excluding hydrogens is 224 g/mol. The molecular formula is C16H28O2. The maximum atomic E-state index is 12.2. The number of Topliss-reactive ketones (excluding diaryl/α,β-unsaturated/α-hetero) is 1. The summed E-state index contributed by atoms with van der Waals surface area (Å²) in [7, 11) is 0. The number of carbonyl (C=O) groups is 2. The minimum Gasteiger partial charge on any atom is -0.303 e. The summed E-state index contributed by atoms with van der Waals surface area (Å²) in [6.45, 7) is 2.21. The second-order valence-corrected chi connectivity index (χ2v) is 5.68. The molecule has 0 N–H and O–H groups in total. The van der Waals surface area contributed by atoms with E-state index < -0.39 is 0 Å². The lowest BCUT2D eigenvalue weighted by Gasteiger charge is -2.24. The normalized spacial score (nSPS) is 26.2. The average molecular weight is 252 g/mol. The summed E-state index contributed by atoms with van der Waals surface area (Å²) in [5.74, 6) is 0.843. The van der Waals surface area contributed by atoms with Gasteiger partial charge in [-0.3, -0.25) is 4.79 Å². The first kappa shape index (κ1) is 15.4. The van der Waals surface area contributed by atoms with Gasteiger partial charge < -0.3 is 4.79 Å². The fraction of sp³-hybridized carbons (Fsp3) is 0.875. The maximum absolute atomic E-state index is 12.2. The van der Waals surface area contributed by atoms with Gasteiger partial charge in [0, 0.05) is 18.8 Å². The summed E-state index contributed by atoms with van der Waals surface area (Å²) in [5, 5.41) is 0. The molecule has 0 saturated heterocycles.